The molecule has 6 heteroatoms. The molecule has 2 aromatic rings. The first kappa shape index (κ1) is 17.7. The van der Waals surface area contributed by atoms with E-state index in [9.17, 15) is 9.59 Å². The number of aryl methyl sites for hydroxylation is 1. The van der Waals surface area contributed by atoms with Gasteiger partial charge in [0.1, 0.15) is 5.69 Å². The maximum absolute atomic E-state index is 12.7. The fraction of sp³-hybridized carbons (Fsp3) is 0.381. The van der Waals surface area contributed by atoms with Gasteiger partial charge in [-0.25, -0.2) is 4.98 Å². The highest BCUT2D eigenvalue weighted by molar-refractivity contribution is 5.98. The first-order valence-electron chi connectivity index (χ1n) is 9.22. The van der Waals surface area contributed by atoms with Gasteiger partial charge in [0.2, 0.25) is 0 Å². The van der Waals surface area contributed by atoms with Crippen LogP contribution in [0.25, 0.3) is 0 Å². The topological polar surface area (TPSA) is 80.3 Å². The van der Waals surface area contributed by atoms with Gasteiger partial charge in [-0.05, 0) is 24.6 Å². The molecule has 0 radical (unpaired) electrons. The molecule has 0 bridgehead atoms. The molecule has 2 heterocycles. The van der Waals surface area contributed by atoms with E-state index >= 15 is 0 Å². The van der Waals surface area contributed by atoms with Crippen LogP contribution in [0.3, 0.4) is 0 Å². The van der Waals surface area contributed by atoms with Crippen molar-refractivity contribution < 1.29 is 14.3 Å². The number of nitrogens with zero attached hydrogens (tertiary/aromatic N) is 1. The Morgan fingerprint density at radius 2 is 1.81 bits per heavy atom. The van der Waals surface area contributed by atoms with Crippen LogP contribution in [0.1, 0.15) is 37.7 Å². The van der Waals surface area contributed by atoms with Gasteiger partial charge in [-0.1, -0.05) is 29.8 Å². The van der Waals surface area contributed by atoms with Crippen molar-refractivity contribution in [1.82, 2.24) is 15.6 Å². The Bertz CT molecular complexity index is 869. The monoisotopic (exact) mass is 365 g/mol. The Labute approximate surface area is 158 Å². The quantitative estimate of drug-likeness (QED) is 0.845. The predicted molar refractivity (Wildman–Crippen MR) is 101 cm³/mol. The number of fused-ring (bicyclic) bond motifs is 1. The van der Waals surface area contributed by atoms with Gasteiger partial charge in [0.25, 0.3) is 11.8 Å². The minimum absolute atomic E-state index is 0.160. The van der Waals surface area contributed by atoms with Crippen LogP contribution in [0.4, 0.5) is 0 Å². The molecule has 1 aliphatic carbocycles. The normalized spacial score (nSPS) is 22.8. The van der Waals surface area contributed by atoms with Crippen LogP contribution < -0.4 is 10.6 Å². The third-order valence-electron chi connectivity index (χ3n) is 5.36. The van der Waals surface area contributed by atoms with Gasteiger partial charge >= 0.3 is 0 Å². The summed E-state index contributed by atoms with van der Waals surface area (Å²) in [5, 5.41) is 5.66. The van der Waals surface area contributed by atoms with E-state index in [4.69, 9.17) is 4.74 Å². The third kappa shape index (κ3) is 3.71. The summed E-state index contributed by atoms with van der Waals surface area (Å²) in [7, 11) is 1.56. The second-order valence-electron chi connectivity index (χ2n) is 7.34. The lowest BCUT2D eigenvalue weighted by molar-refractivity contribution is 0.0928. The second kappa shape index (κ2) is 7.12. The van der Waals surface area contributed by atoms with E-state index in [1.807, 2.05) is 31.2 Å². The van der Waals surface area contributed by atoms with Crippen molar-refractivity contribution in [2.24, 2.45) is 11.8 Å². The van der Waals surface area contributed by atoms with Gasteiger partial charge in [0.05, 0.1) is 13.2 Å². The van der Waals surface area contributed by atoms with E-state index < -0.39 is 0 Å². The average molecular weight is 365 g/mol. The Morgan fingerprint density at radius 3 is 2.48 bits per heavy atom. The van der Waals surface area contributed by atoms with Crippen molar-refractivity contribution in [2.75, 3.05) is 20.3 Å². The zero-order chi connectivity index (χ0) is 19.0. The maximum atomic E-state index is 12.7. The number of ether oxygens (including phenoxy) is 1. The minimum atomic E-state index is -0.300. The summed E-state index contributed by atoms with van der Waals surface area (Å²) in [5.41, 5.74) is 3.69. The predicted octanol–water partition coefficient (Wildman–Crippen LogP) is 1.72. The number of benzene rings is 1. The lowest BCUT2D eigenvalue weighted by Crippen LogP contribution is -2.30. The largest absolute Gasteiger partial charge is 0.381 e. The Hall–Kier alpha value is -2.73. The summed E-state index contributed by atoms with van der Waals surface area (Å²) in [5.74, 6) is 0.404. The van der Waals surface area contributed by atoms with Crippen LogP contribution in [0.15, 0.2) is 36.4 Å². The molecule has 1 aromatic carbocycles. The molecular formula is C21H23N3O3. The van der Waals surface area contributed by atoms with Crippen LogP contribution in [0.5, 0.6) is 0 Å². The Morgan fingerprint density at radius 1 is 1.11 bits per heavy atom. The molecule has 1 saturated carbocycles. The number of amides is 2. The lowest BCUT2D eigenvalue weighted by Gasteiger charge is -2.11. The van der Waals surface area contributed by atoms with Crippen LogP contribution in [0, 0.1) is 18.8 Å². The zero-order valence-corrected chi connectivity index (χ0v) is 15.5. The number of hydrogen-bond donors (Lipinski definition) is 2. The highest BCUT2D eigenvalue weighted by Gasteiger charge is 2.54. The van der Waals surface area contributed by atoms with Crippen LogP contribution >= 0.6 is 0 Å². The van der Waals surface area contributed by atoms with E-state index in [2.05, 4.69) is 15.6 Å². The second-order valence-corrected chi connectivity index (χ2v) is 7.34. The van der Waals surface area contributed by atoms with E-state index in [0.717, 1.165) is 5.56 Å². The van der Waals surface area contributed by atoms with Crippen molar-refractivity contribution in [3.05, 3.63) is 64.5 Å². The molecule has 4 rings (SSSR count). The molecule has 2 N–H and O–H groups in total. The van der Waals surface area contributed by atoms with Gasteiger partial charge in [0.15, 0.2) is 0 Å². The highest BCUT2D eigenvalue weighted by Crippen LogP contribution is 2.44. The molecule has 2 aliphatic rings. The molecule has 2 fully saturated rings. The van der Waals surface area contributed by atoms with Crippen molar-refractivity contribution in [1.29, 1.82) is 0 Å². The molecule has 27 heavy (non-hydrogen) atoms. The molecule has 3 atom stereocenters. The van der Waals surface area contributed by atoms with Crippen molar-refractivity contribution >= 4 is 11.8 Å². The number of carbonyl (C=O) groups is 2. The number of hydrogen-bond acceptors (Lipinski definition) is 4. The number of carbonyl (C=O) groups excluding carboxylic acids is 2. The molecule has 1 aromatic heterocycles. The smallest absolute Gasteiger partial charge is 0.269 e. The van der Waals surface area contributed by atoms with Gasteiger partial charge in [-0.15, -0.1) is 0 Å². The van der Waals surface area contributed by atoms with E-state index in [1.165, 1.54) is 5.56 Å². The number of rotatable bonds is 5. The summed E-state index contributed by atoms with van der Waals surface area (Å²) in [6, 6.07) is 11.7. The van der Waals surface area contributed by atoms with Crippen LogP contribution in [-0.4, -0.2) is 43.1 Å². The minimum Gasteiger partial charge on any atom is -0.381 e. The standard InChI is InChI=1S/C21H23N3O3/c1-12-3-5-13(6-4-12)7-15-8-14(9-18(23-15)21(26)22-2)20(25)24-19-16-10-27-11-17(16)19/h3-6,8-9,16-17,19H,7,10-11H2,1-2H3,(H,22,26)(H,24,25)/t16-,17+,19+. The van der Waals surface area contributed by atoms with Crippen molar-refractivity contribution in [3.8, 4) is 0 Å². The summed E-state index contributed by atoms with van der Waals surface area (Å²) in [6.45, 7) is 3.47. The zero-order valence-electron chi connectivity index (χ0n) is 15.5. The first-order chi connectivity index (χ1) is 13.0. The molecule has 0 spiro atoms. The molecule has 0 unspecified atom stereocenters. The van der Waals surface area contributed by atoms with Crippen molar-refractivity contribution in [3.63, 3.8) is 0 Å². The number of aromatic nitrogens is 1. The SMILES string of the molecule is CNC(=O)c1cc(C(=O)N[C@H]2[C@@H]3COC[C@@H]32)cc(Cc2ccc(C)cc2)n1. The summed E-state index contributed by atoms with van der Waals surface area (Å²) in [4.78, 5) is 29.3. The van der Waals surface area contributed by atoms with Crippen molar-refractivity contribution in [2.45, 2.75) is 19.4 Å². The molecular weight excluding hydrogens is 342 g/mol. The van der Waals surface area contributed by atoms with E-state index in [0.29, 0.717) is 42.7 Å². The fourth-order valence-corrected chi connectivity index (χ4v) is 3.66. The fourth-order valence-electron chi connectivity index (χ4n) is 3.66. The van der Waals surface area contributed by atoms with E-state index in [1.54, 1.807) is 19.2 Å². The average Bonchev–Trinajstić information content (AvgIpc) is 3.09. The number of pyridine rings is 1. The van der Waals surface area contributed by atoms with Gasteiger partial charge in [0, 0.05) is 42.6 Å². The lowest BCUT2D eigenvalue weighted by atomic mass is 10.0. The highest BCUT2D eigenvalue weighted by atomic mass is 16.5. The molecule has 6 nitrogen and oxygen atoms in total. The molecule has 2 amide bonds. The molecule has 1 saturated heterocycles. The Kier molecular flexibility index (Phi) is 4.66. The van der Waals surface area contributed by atoms with Gasteiger partial charge in [-0.2, -0.15) is 0 Å². The van der Waals surface area contributed by atoms with E-state index in [-0.39, 0.29) is 23.6 Å². The van der Waals surface area contributed by atoms with Gasteiger partial charge < -0.3 is 15.4 Å². The summed E-state index contributed by atoms with van der Waals surface area (Å²) in [6.07, 6.45) is 0.563. The maximum Gasteiger partial charge on any atom is 0.269 e. The van der Waals surface area contributed by atoms with Gasteiger partial charge in [-0.3, -0.25) is 9.59 Å². The first-order valence-corrected chi connectivity index (χ1v) is 9.22. The Balaban J connectivity index is 1.56. The third-order valence-corrected chi connectivity index (χ3v) is 5.36. The number of nitrogens with one attached hydrogen (secondary N) is 2. The summed E-state index contributed by atoms with van der Waals surface area (Å²) < 4.78 is 5.37. The van der Waals surface area contributed by atoms with Crippen LogP contribution in [-0.2, 0) is 11.2 Å². The summed E-state index contributed by atoms with van der Waals surface area (Å²) >= 11 is 0. The van der Waals surface area contributed by atoms with Crippen LogP contribution in [0.2, 0.25) is 0 Å². The molecule has 1 aliphatic heterocycles. The molecule has 140 valence electrons.